The molecule has 1 rings (SSSR count). The molecule has 1 atom stereocenters. The van der Waals surface area contributed by atoms with E-state index in [-0.39, 0.29) is 5.56 Å². The molecule has 0 aliphatic rings. The average molecular weight is 255 g/mol. The van der Waals surface area contributed by atoms with Crippen molar-refractivity contribution in [2.24, 2.45) is 0 Å². The van der Waals surface area contributed by atoms with Crippen LogP contribution in [-0.2, 0) is 0 Å². The molecule has 0 amide bonds. The van der Waals surface area contributed by atoms with Crippen molar-refractivity contribution in [3.05, 3.63) is 22.6 Å². The molecule has 1 aromatic heterocycles. The van der Waals surface area contributed by atoms with Gasteiger partial charge in [-0.2, -0.15) is 0 Å². The minimum Gasteiger partial charge on any atom is -0.314 e. The lowest BCUT2D eigenvalue weighted by Gasteiger charge is -2.12. The lowest BCUT2D eigenvalue weighted by atomic mass is 10.2. The molecule has 0 fully saturated rings. The van der Waals surface area contributed by atoms with Crippen LogP contribution in [0.25, 0.3) is 0 Å². The highest BCUT2D eigenvalue weighted by Crippen LogP contribution is 2.13. The molecule has 0 aliphatic heterocycles. The Labute approximate surface area is 107 Å². The molecule has 0 aromatic carbocycles. The number of hydrogen-bond donors (Lipinski definition) is 2. The highest BCUT2D eigenvalue weighted by atomic mass is 32.2. The molecule has 0 saturated heterocycles. The molecule has 4 nitrogen and oxygen atoms in total. The predicted octanol–water partition coefficient (Wildman–Crippen LogP) is 2.03. The van der Waals surface area contributed by atoms with Crippen LogP contribution in [0.5, 0.6) is 0 Å². The lowest BCUT2D eigenvalue weighted by Crippen LogP contribution is -2.26. The number of rotatable bonds is 8. The number of aromatic amines is 1. The van der Waals surface area contributed by atoms with E-state index < -0.39 is 0 Å². The zero-order valence-electron chi connectivity index (χ0n) is 10.5. The molecule has 0 saturated carbocycles. The Morgan fingerprint density at radius 2 is 2.41 bits per heavy atom. The Balaban J connectivity index is 2.14. The fourth-order valence-corrected chi connectivity index (χ4v) is 2.29. The summed E-state index contributed by atoms with van der Waals surface area (Å²) in [5.74, 6) is 0.991. The van der Waals surface area contributed by atoms with Gasteiger partial charge in [0, 0.05) is 24.1 Å². The third kappa shape index (κ3) is 6.48. The standard InChI is InChI=1S/C12H21N3OS/c1-3-7-13-10(2)5-4-9-17-12-14-8-6-11(16)15-12/h6,8,10,13H,3-5,7,9H2,1-2H3,(H,14,15,16). The van der Waals surface area contributed by atoms with Crippen LogP contribution in [0, 0.1) is 0 Å². The van der Waals surface area contributed by atoms with Gasteiger partial charge >= 0.3 is 0 Å². The van der Waals surface area contributed by atoms with Gasteiger partial charge in [-0.3, -0.25) is 4.79 Å². The largest absolute Gasteiger partial charge is 0.314 e. The van der Waals surface area contributed by atoms with Gasteiger partial charge in [0.2, 0.25) is 0 Å². The first-order valence-corrected chi connectivity index (χ1v) is 7.12. The third-order valence-corrected chi connectivity index (χ3v) is 3.38. The Morgan fingerprint density at radius 3 is 3.12 bits per heavy atom. The zero-order valence-corrected chi connectivity index (χ0v) is 11.3. The van der Waals surface area contributed by atoms with E-state index in [9.17, 15) is 4.79 Å². The summed E-state index contributed by atoms with van der Waals surface area (Å²) in [6, 6.07) is 2.00. The van der Waals surface area contributed by atoms with Gasteiger partial charge < -0.3 is 10.3 Å². The molecule has 1 unspecified atom stereocenters. The minimum atomic E-state index is -0.0829. The summed E-state index contributed by atoms with van der Waals surface area (Å²) in [5.41, 5.74) is -0.0829. The fourth-order valence-electron chi connectivity index (χ4n) is 1.48. The van der Waals surface area contributed by atoms with E-state index in [4.69, 9.17) is 0 Å². The van der Waals surface area contributed by atoms with Crippen LogP contribution in [0.3, 0.4) is 0 Å². The van der Waals surface area contributed by atoms with E-state index in [1.54, 1.807) is 18.0 Å². The van der Waals surface area contributed by atoms with Crippen molar-refractivity contribution in [3.63, 3.8) is 0 Å². The molecule has 1 aromatic rings. The van der Waals surface area contributed by atoms with Crippen molar-refractivity contribution >= 4 is 11.8 Å². The molecular formula is C12H21N3OS. The molecule has 0 radical (unpaired) electrons. The van der Waals surface area contributed by atoms with Gasteiger partial charge in [-0.1, -0.05) is 18.7 Å². The van der Waals surface area contributed by atoms with Gasteiger partial charge in [-0.25, -0.2) is 4.98 Å². The number of nitrogens with one attached hydrogen (secondary N) is 2. The quantitative estimate of drug-likeness (QED) is 0.424. The van der Waals surface area contributed by atoms with E-state index >= 15 is 0 Å². The highest BCUT2D eigenvalue weighted by Gasteiger charge is 2.01. The maximum Gasteiger partial charge on any atom is 0.251 e. The highest BCUT2D eigenvalue weighted by molar-refractivity contribution is 7.99. The first-order valence-electron chi connectivity index (χ1n) is 6.14. The average Bonchev–Trinajstić information content (AvgIpc) is 2.32. The summed E-state index contributed by atoms with van der Waals surface area (Å²) < 4.78 is 0. The Hall–Kier alpha value is -0.810. The van der Waals surface area contributed by atoms with E-state index in [1.807, 2.05) is 0 Å². The molecule has 0 bridgehead atoms. The first kappa shape index (κ1) is 14.3. The van der Waals surface area contributed by atoms with Crippen molar-refractivity contribution in [1.82, 2.24) is 15.3 Å². The maximum absolute atomic E-state index is 11.0. The Bertz CT molecular complexity index is 367. The second-order valence-corrected chi connectivity index (χ2v) is 5.17. The van der Waals surface area contributed by atoms with Crippen molar-refractivity contribution in [3.8, 4) is 0 Å². The van der Waals surface area contributed by atoms with E-state index in [0.29, 0.717) is 11.2 Å². The molecule has 96 valence electrons. The fraction of sp³-hybridized carbons (Fsp3) is 0.667. The van der Waals surface area contributed by atoms with Gasteiger partial charge in [0.15, 0.2) is 5.16 Å². The van der Waals surface area contributed by atoms with Gasteiger partial charge in [-0.05, 0) is 32.7 Å². The predicted molar refractivity (Wildman–Crippen MR) is 72.6 cm³/mol. The normalized spacial score (nSPS) is 12.6. The Kier molecular flexibility index (Phi) is 6.96. The molecule has 5 heteroatoms. The lowest BCUT2D eigenvalue weighted by molar-refractivity contribution is 0.510. The topological polar surface area (TPSA) is 57.8 Å². The van der Waals surface area contributed by atoms with E-state index in [0.717, 1.165) is 25.1 Å². The van der Waals surface area contributed by atoms with Crippen LogP contribution in [0.2, 0.25) is 0 Å². The molecule has 1 heterocycles. The monoisotopic (exact) mass is 255 g/mol. The van der Waals surface area contributed by atoms with Crippen LogP contribution in [0.15, 0.2) is 22.2 Å². The van der Waals surface area contributed by atoms with Crippen LogP contribution in [0.4, 0.5) is 0 Å². The second-order valence-electron chi connectivity index (χ2n) is 4.09. The van der Waals surface area contributed by atoms with Gasteiger partial charge in [-0.15, -0.1) is 0 Å². The van der Waals surface area contributed by atoms with Crippen molar-refractivity contribution in [1.29, 1.82) is 0 Å². The summed E-state index contributed by atoms with van der Waals surface area (Å²) in [4.78, 5) is 17.8. The summed E-state index contributed by atoms with van der Waals surface area (Å²) in [7, 11) is 0. The number of nitrogens with zero attached hydrogens (tertiary/aromatic N) is 1. The van der Waals surface area contributed by atoms with Gasteiger partial charge in [0.1, 0.15) is 0 Å². The molecular weight excluding hydrogens is 234 g/mol. The third-order valence-electron chi connectivity index (χ3n) is 2.41. The number of thioether (sulfide) groups is 1. The van der Waals surface area contributed by atoms with Crippen LogP contribution in [-0.4, -0.2) is 28.3 Å². The summed E-state index contributed by atoms with van der Waals surface area (Å²) in [6.07, 6.45) is 5.01. The van der Waals surface area contributed by atoms with Gasteiger partial charge in [0.25, 0.3) is 5.56 Å². The smallest absolute Gasteiger partial charge is 0.251 e. The van der Waals surface area contributed by atoms with Crippen LogP contribution in [0.1, 0.15) is 33.1 Å². The SMILES string of the molecule is CCCNC(C)CCCSc1nccc(=O)[nH]1. The van der Waals surface area contributed by atoms with Crippen molar-refractivity contribution < 1.29 is 0 Å². The number of hydrogen-bond acceptors (Lipinski definition) is 4. The molecule has 0 aliphatic carbocycles. The molecule has 17 heavy (non-hydrogen) atoms. The molecule has 2 N–H and O–H groups in total. The summed E-state index contributed by atoms with van der Waals surface area (Å²) in [6.45, 7) is 5.47. The molecule has 0 spiro atoms. The van der Waals surface area contributed by atoms with Gasteiger partial charge in [0.05, 0.1) is 0 Å². The van der Waals surface area contributed by atoms with E-state index in [1.165, 1.54) is 12.5 Å². The van der Waals surface area contributed by atoms with Crippen LogP contribution >= 0.6 is 11.8 Å². The van der Waals surface area contributed by atoms with E-state index in [2.05, 4.69) is 29.1 Å². The number of aromatic nitrogens is 2. The van der Waals surface area contributed by atoms with Crippen LogP contribution < -0.4 is 10.9 Å². The summed E-state index contributed by atoms with van der Waals surface area (Å²) in [5, 5.41) is 4.17. The maximum atomic E-state index is 11.0. The van der Waals surface area contributed by atoms with Crippen molar-refractivity contribution in [2.45, 2.75) is 44.3 Å². The Morgan fingerprint density at radius 1 is 1.59 bits per heavy atom. The van der Waals surface area contributed by atoms with Crippen molar-refractivity contribution in [2.75, 3.05) is 12.3 Å². The first-order chi connectivity index (χ1) is 8.22. The minimum absolute atomic E-state index is 0.0829. The number of H-pyrrole nitrogens is 1. The summed E-state index contributed by atoms with van der Waals surface area (Å²) >= 11 is 1.61. The zero-order chi connectivity index (χ0) is 12.5. The second kappa shape index (κ2) is 8.31.